The quantitative estimate of drug-likeness (QED) is 0.589. The first-order valence-electron chi connectivity index (χ1n) is 4.47. The molecule has 0 bridgehead atoms. The van der Waals surface area contributed by atoms with Crippen molar-refractivity contribution >= 4 is 0 Å². The Morgan fingerprint density at radius 3 is 2.20 bits per heavy atom. The second-order valence-corrected chi connectivity index (χ2v) is 4.01. The molecule has 0 aromatic carbocycles. The van der Waals surface area contributed by atoms with E-state index in [2.05, 4.69) is 6.92 Å². The van der Waals surface area contributed by atoms with Crippen molar-refractivity contribution in [1.82, 2.24) is 0 Å². The molecule has 58 valence electrons. The van der Waals surface area contributed by atoms with Crippen LogP contribution >= 0.6 is 0 Å². The van der Waals surface area contributed by atoms with Gasteiger partial charge in [0.25, 0.3) is 0 Å². The fourth-order valence-corrected chi connectivity index (χ4v) is 2.36. The minimum atomic E-state index is 0.0191. The van der Waals surface area contributed by atoms with Crippen molar-refractivity contribution in [3.63, 3.8) is 0 Å². The lowest BCUT2D eigenvalue weighted by Crippen LogP contribution is -2.16. The lowest BCUT2D eigenvalue weighted by atomic mass is 9.92. The highest BCUT2D eigenvalue weighted by Crippen LogP contribution is 2.47. The van der Waals surface area contributed by atoms with E-state index in [0.29, 0.717) is 5.92 Å². The summed E-state index contributed by atoms with van der Waals surface area (Å²) < 4.78 is 0. The van der Waals surface area contributed by atoms with Crippen molar-refractivity contribution in [2.75, 3.05) is 0 Å². The molecular weight excluding hydrogens is 124 g/mol. The lowest BCUT2D eigenvalue weighted by molar-refractivity contribution is 0.123. The summed E-state index contributed by atoms with van der Waals surface area (Å²) in [7, 11) is 0. The molecule has 1 nitrogen and oxygen atoms in total. The molecule has 0 aromatic heterocycles. The van der Waals surface area contributed by atoms with Crippen LogP contribution in [0.2, 0.25) is 0 Å². The van der Waals surface area contributed by atoms with E-state index in [-0.39, 0.29) is 6.10 Å². The molecule has 1 N–H and O–H groups in total. The molecule has 0 spiro atoms. The molecule has 1 heteroatoms. The van der Waals surface area contributed by atoms with Gasteiger partial charge in [-0.05, 0) is 43.4 Å². The van der Waals surface area contributed by atoms with Crippen molar-refractivity contribution in [1.29, 1.82) is 0 Å². The number of aliphatic hydroxyl groups excluding tert-OH is 1. The van der Waals surface area contributed by atoms with Crippen LogP contribution in [0.1, 0.15) is 32.6 Å². The Morgan fingerprint density at radius 2 is 1.80 bits per heavy atom. The summed E-state index contributed by atoms with van der Waals surface area (Å²) in [5.41, 5.74) is 0. The predicted octanol–water partition coefficient (Wildman–Crippen LogP) is 1.80. The van der Waals surface area contributed by atoms with Crippen LogP contribution in [-0.4, -0.2) is 11.2 Å². The van der Waals surface area contributed by atoms with E-state index in [4.69, 9.17) is 0 Å². The van der Waals surface area contributed by atoms with Gasteiger partial charge in [-0.25, -0.2) is 0 Å². The third kappa shape index (κ3) is 0.968. The van der Waals surface area contributed by atoms with Gasteiger partial charge in [-0.2, -0.15) is 0 Å². The average Bonchev–Trinajstić information content (AvgIpc) is 2.67. The van der Waals surface area contributed by atoms with Crippen molar-refractivity contribution in [3.05, 3.63) is 0 Å². The lowest BCUT2D eigenvalue weighted by Gasteiger charge is -2.15. The SMILES string of the molecule is CC1C(O)CCC1C1CC1. The molecule has 2 aliphatic rings. The Bertz CT molecular complexity index is 129. The largest absolute Gasteiger partial charge is 0.393 e. The fourth-order valence-electron chi connectivity index (χ4n) is 2.36. The minimum absolute atomic E-state index is 0.0191. The van der Waals surface area contributed by atoms with Crippen LogP contribution < -0.4 is 0 Å². The Labute approximate surface area is 62.4 Å². The maximum Gasteiger partial charge on any atom is 0.0568 e. The van der Waals surface area contributed by atoms with Gasteiger partial charge in [0, 0.05) is 0 Å². The zero-order chi connectivity index (χ0) is 7.14. The van der Waals surface area contributed by atoms with Gasteiger partial charge in [-0.1, -0.05) is 6.92 Å². The Morgan fingerprint density at radius 1 is 1.10 bits per heavy atom. The van der Waals surface area contributed by atoms with Crippen molar-refractivity contribution < 1.29 is 5.11 Å². The predicted molar refractivity (Wildman–Crippen MR) is 40.6 cm³/mol. The van der Waals surface area contributed by atoms with Gasteiger partial charge in [0.1, 0.15) is 0 Å². The highest BCUT2D eigenvalue weighted by atomic mass is 16.3. The van der Waals surface area contributed by atoms with Gasteiger partial charge in [0.15, 0.2) is 0 Å². The summed E-state index contributed by atoms with van der Waals surface area (Å²) in [6.45, 7) is 2.21. The summed E-state index contributed by atoms with van der Waals surface area (Å²) in [5.74, 6) is 2.45. The highest BCUT2D eigenvalue weighted by molar-refractivity contribution is 4.91. The number of hydrogen-bond acceptors (Lipinski definition) is 1. The van der Waals surface area contributed by atoms with Crippen molar-refractivity contribution in [3.8, 4) is 0 Å². The Kier molecular flexibility index (Phi) is 1.48. The molecule has 0 heterocycles. The fraction of sp³-hybridized carbons (Fsp3) is 1.00. The van der Waals surface area contributed by atoms with Gasteiger partial charge in [0.05, 0.1) is 6.10 Å². The average molecular weight is 140 g/mol. The van der Waals surface area contributed by atoms with E-state index in [1.807, 2.05) is 0 Å². The molecule has 2 aliphatic carbocycles. The maximum atomic E-state index is 9.44. The number of rotatable bonds is 1. The standard InChI is InChI=1S/C9H16O/c1-6-8(7-2-3-7)4-5-9(6)10/h6-10H,2-5H2,1H3. The molecule has 3 atom stereocenters. The topological polar surface area (TPSA) is 20.2 Å². The van der Waals surface area contributed by atoms with Gasteiger partial charge in [-0.15, -0.1) is 0 Å². The first-order valence-corrected chi connectivity index (χ1v) is 4.47. The first-order chi connectivity index (χ1) is 4.79. The van der Waals surface area contributed by atoms with Gasteiger partial charge < -0.3 is 5.11 Å². The van der Waals surface area contributed by atoms with E-state index in [1.165, 1.54) is 19.3 Å². The van der Waals surface area contributed by atoms with Gasteiger partial charge in [-0.3, -0.25) is 0 Å². The first kappa shape index (κ1) is 6.66. The smallest absolute Gasteiger partial charge is 0.0568 e. The van der Waals surface area contributed by atoms with E-state index >= 15 is 0 Å². The third-order valence-electron chi connectivity index (χ3n) is 3.31. The Hall–Kier alpha value is -0.0400. The molecule has 3 unspecified atom stereocenters. The summed E-state index contributed by atoms with van der Waals surface area (Å²) in [6.07, 6.45) is 5.23. The zero-order valence-corrected chi connectivity index (χ0v) is 6.59. The molecule has 0 aromatic rings. The van der Waals surface area contributed by atoms with E-state index in [1.54, 1.807) is 0 Å². The molecule has 10 heavy (non-hydrogen) atoms. The van der Waals surface area contributed by atoms with E-state index in [9.17, 15) is 5.11 Å². The number of hydrogen-bond donors (Lipinski definition) is 1. The van der Waals surface area contributed by atoms with Crippen LogP contribution in [0.4, 0.5) is 0 Å². The summed E-state index contributed by atoms with van der Waals surface area (Å²) in [6, 6.07) is 0. The van der Waals surface area contributed by atoms with Crippen LogP contribution in [0.25, 0.3) is 0 Å². The minimum Gasteiger partial charge on any atom is -0.393 e. The molecular formula is C9H16O. The van der Waals surface area contributed by atoms with Crippen molar-refractivity contribution in [2.45, 2.75) is 38.7 Å². The summed E-state index contributed by atoms with van der Waals surface area (Å²) >= 11 is 0. The Balaban J connectivity index is 1.96. The summed E-state index contributed by atoms with van der Waals surface area (Å²) in [4.78, 5) is 0. The molecule has 0 amide bonds. The maximum absolute atomic E-state index is 9.44. The van der Waals surface area contributed by atoms with E-state index in [0.717, 1.165) is 18.3 Å². The van der Waals surface area contributed by atoms with Crippen LogP contribution in [-0.2, 0) is 0 Å². The van der Waals surface area contributed by atoms with Crippen LogP contribution in [0.3, 0.4) is 0 Å². The van der Waals surface area contributed by atoms with Crippen LogP contribution in [0, 0.1) is 17.8 Å². The van der Waals surface area contributed by atoms with Gasteiger partial charge >= 0.3 is 0 Å². The highest BCUT2D eigenvalue weighted by Gasteiger charge is 2.40. The molecule has 0 saturated heterocycles. The number of aliphatic hydroxyl groups is 1. The zero-order valence-electron chi connectivity index (χ0n) is 6.59. The van der Waals surface area contributed by atoms with Crippen LogP contribution in [0.15, 0.2) is 0 Å². The second kappa shape index (κ2) is 2.23. The molecule has 0 aliphatic heterocycles. The molecule has 0 radical (unpaired) electrons. The monoisotopic (exact) mass is 140 g/mol. The molecule has 2 fully saturated rings. The molecule has 2 saturated carbocycles. The van der Waals surface area contributed by atoms with Crippen molar-refractivity contribution in [2.24, 2.45) is 17.8 Å². The third-order valence-corrected chi connectivity index (χ3v) is 3.31. The van der Waals surface area contributed by atoms with Crippen LogP contribution in [0.5, 0.6) is 0 Å². The second-order valence-electron chi connectivity index (χ2n) is 4.01. The van der Waals surface area contributed by atoms with E-state index < -0.39 is 0 Å². The normalized spacial score (nSPS) is 48.0. The summed E-state index contributed by atoms with van der Waals surface area (Å²) in [5, 5.41) is 9.44. The molecule has 2 rings (SSSR count). The van der Waals surface area contributed by atoms with Gasteiger partial charge in [0.2, 0.25) is 0 Å².